The number of fused-ring (bicyclic) bond motifs is 1. The number of hydrogen-bond acceptors (Lipinski definition) is 3. The van der Waals surface area contributed by atoms with Crippen molar-refractivity contribution in [2.24, 2.45) is 0 Å². The molecule has 0 spiro atoms. The van der Waals surface area contributed by atoms with Crippen LogP contribution in [0.3, 0.4) is 0 Å². The lowest BCUT2D eigenvalue weighted by Crippen LogP contribution is -2.16. The summed E-state index contributed by atoms with van der Waals surface area (Å²) in [6.45, 7) is 2.41. The van der Waals surface area contributed by atoms with Crippen molar-refractivity contribution < 1.29 is 4.74 Å². The van der Waals surface area contributed by atoms with Crippen LogP contribution in [-0.2, 0) is 6.54 Å². The van der Waals surface area contributed by atoms with E-state index in [1.54, 1.807) is 13.2 Å². The molecule has 0 atom stereocenters. The van der Waals surface area contributed by atoms with E-state index in [1.807, 2.05) is 49.4 Å². The Bertz CT molecular complexity index is 854. The molecule has 4 nitrogen and oxygen atoms in total. The van der Waals surface area contributed by atoms with Crippen LogP contribution in [0, 0.1) is 6.92 Å². The summed E-state index contributed by atoms with van der Waals surface area (Å²) in [7, 11) is 1.60. The topological polar surface area (TPSA) is 54.1 Å². The van der Waals surface area contributed by atoms with Gasteiger partial charge in [-0.15, -0.1) is 0 Å². The number of para-hydroxylation sites is 1. The lowest BCUT2D eigenvalue weighted by Gasteiger charge is -2.11. The third-order valence-corrected chi connectivity index (χ3v) is 3.76. The second-order valence-electron chi connectivity index (χ2n) is 5.19. The second-order valence-corrected chi connectivity index (χ2v) is 5.19. The molecule has 0 radical (unpaired) electrons. The number of ether oxygens (including phenoxy) is 1. The minimum atomic E-state index is 0.0357. The van der Waals surface area contributed by atoms with Crippen molar-refractivity contribution in [3.8, 4) is 5.75 Å². The zero-order chi connectivity index (χ0) is 15.5. The van der Waals surface area contributed by atoms with E-state index in [0.29, 0.717) is 17.7 Å². The Kier molecular flexibility index (Phi) is 3.83. The number of pyridine rings is 1. The quantitative estimate of drug-likeness (QED) is 0.775. The Labute approximate surface area is 128 Å². The highest BCUT2D eigenvalue weighted by Crippen LogP contribution is 2.18. The van der Waals surface area contributed by atoms with E-state index < -0.39 is 0 Å². The van der Waals surface area contributed by atoms with E-state index in [-0.39, 0.29) is 5.43 Å². The van der Waals surface area contributed by atoms with Crippen LogP contribution >= 0.6 is 0 Å². The summed E-state index contributed by atoms with van der Waals surface area (Å²) in [5.74, 6) is 0.684. The molecule has 0 bridgehead atoms. The van der Waals surface area contributed by atoms with E-state index in [9.17, 15) is 4.79 Å². The van der Waals surface area contributed by atoms with Crippen molar-refractivity contribution >= 4 is 16.6 Å². The molecule has 0 unspecified atom stereocenters. The lowest BCUT2D eigenvalue weighted by atomic mass is 10.1. The summed E-state index contributed by atoms with van der Waals surface area (Å²) in [6.07, 6.45) is 0. The molecule has 1 aromatic heterocycles. The molecule has 112 valence electrons. The normalized spacial score (nSPS) is 10.6. The first-order valence-electron chi connectivity index (χ1n) is 7.17. The van der Waals surface area contributed by atoms with Gasteiger partial charge < -0.3 is 15.0 Å². The first-order chi connectivity index (χ1) is 10.7. The van der Waals surface area contributed by atoms with E-state index in [2.05, 4.69) is 10.3 Å². The highest BCUT2D eigenvalue weighted by molar-refractivity contribution is 5.81. The van der Waals surface area contributed by atoms with Crippen molar-refractivity contribution in [1.29, 1.82) is 0 Å². The molecule has 4 heteroatoms. The van der Waals surface area contributed by atoms with Gasteiger partial charge in [0.15, 0.2) is 5.43 Å². The van der Waals surface area contributed by atoms with Gasteiger partial charge in [-0.05, 0) is 37.3 Å². The fourth-order valence-corrected chi connectivity index (χ4v) is 2.52. The van der Waals surface area contributed by atoms with Gasteiger partial charge in [0.1, 0.15) is 5.75 Å². The van der Waals surface area contributed by atoms with E-state index in [4.69, 9.17) is 4.74 Å². The summed E-state index contributed by atoms with van der Waals surface area (Å²) >= 11 is 0. The predicted octanol–water partition coefficient (Wildman–Crippen LogP) is 3.46. The summed E-state index contributed by atoms with van der Waals surface area (Å²) in [6, 6.07) is 15.3. The smallest absolute Gasteiger partial charge is 0.194 e. The summed E-state index contributed by atoms with van der Waals surface area (Å²) < 4.78 is 5.21. The van der Waals surface area contributed by atoms with E-state index >= 15 is 0 Å². The number of aryl methyl sites for hydroxylation is 1. The van der Waals surface area contributed by atoms with Gasteiger partial charge in [0.05, 0.1) is 7.11 Å². The molecule has 1 heterocycles. The fourth-order valence-electron chi connectivity index (χ4n) is 2.52. The summed E-state index contributed by atoms with van der Waals surface area (Å²) in [5.41, 5.74) is 3.48. The monoisotopic (exact) mass is 294 g/mol. The van der Waals surface area contributed by atoms with Gasteiger partial charge >= 0.3 is 0 Å². The number of anilines is 1. The van der Waals surface area contributed by atoms with E-state index in [0.717, 1.165) is 22.5 Å². The van der Waals surface area contributed by atoms with Crippen LogP contribution in [-0.4, -0.2) is 12.1 Å². The number of benzene rings is 2. The summed E-state index contributed by atoms with van der Waals surface area (Å²) in [5, 5.41) is 3.93. The number of aromatic nitrogens is 1. The second kappa shape index (κ2) is 5.93. The molecule has 0 amide bonds. The summed E-state index contributed by atoms with van der Waals surface area (Å²) in [4.78, 5) is 16.0. The highest BCUT2D eigenvalue weighted by Gasteiger charge is 2.10. The Morgan fingerprint density at radius 2 is 1.91 bits per heavy atom. The Morgan fingerprint density at radius 1 is 1.14 bits per heavy atom. The van der Waals surface area contributed by atoms with Gasteiger partial charge in [-0.2, -0.15) is 0 Å². The highest BCUT2D eigenvalue weighted by atomic mass is 16.5. The van der Waals surface area contributed by atoms with Crippen LogP contribution in [0.2, 0.25) is 0 Å². The average molecular weight is 294 g/mol. The molecule has 0 fully saturated rings. The first kappa shape index (κ1) is 14.2. The van der Waals surface area contributed by atoms with Crippen molar-refractivity contribution in [3.63, 3.8) is 0 Å². The lowest BCUT2D eigenvalue weighted by molar-refractivity contribution is 0.415. The standard InChI is InChI=1S/C18H18N2O2/c1-12-16(11-19-13-6-4-3-5-7-13)18(21)15-10-14(22-2)8-9-17(15)20-12/h3-10,19H,11H2,1-2H3,(H,20,21). The Balaban J connectivity index is 2.00. The van der Waals surface area contributed by atoms with Crippen molar-refractivity contribution in [2.75, 3.05) is 12.4 Å². The molecule has 0 saturated heterocycles. The average Bonchev–Trinajstić information content (AvgIpc) is 2.55. The molecule has 3 aromatic rings. The maximum absolute atomic E-state index is 12.7. The largest absolute Gasteiger partial charge is 0.497 e. The maximum atomic E-state index is 12.7. The van der Waals surface area contributed by atoms with Crippen LogP contribution in [0.4, 0.5) is 5.69 Å². The SMILES string of the molecule is COc1ccc2[nH]c(C)c(CNc3ccccc3)c(=O)c2c1. The first-order valence-corrected chi connectivity index (χ1v) is 7.17. The van der Waals surface area contributed by atoms with Crippen LogP contribution in [0.1, 0.15) is 11.3 Å². The van der Waals surface area contributed by atoms with Crippen molar-refractivity contribution in [1.82, 2.24) is 4.98 Å². The molecule has 0 saturated carbocycles. The van der Waals surface area contributed by atoms with Gasteiger partial charge in [0, 0.05) is 34.4 Å². The third-order valence-electron chi connectivity index (χ3n) is 3.76. The van der Waals surface area contributed by atoms with Crippen LogP contribution < -0.4 is 15.5 Å². The van der Waals surface area contributed by atoms with Crippen LogP contribution in [0.25, 0.3) is 10.9 Å². The fraction of sp³-hybridized carbons (Fsp3) is 0.167. The molecule has 2 N–H and O–H groups in total. The predicted molar refractivity (Wildman–Crippen MR) is 89.6 cm³/mol. The zero-order valence-electron chi connectivity index (χ0n) is 12.6. The number of H-pyrrole nitrogens is 1. The minimum absolute atomic E-state index is 0.0357. The number of hydrogen-bond donors (Lipinski definition) is 2. The number of rotatable bonds is 4. The van der Waals surface area contributed by atoms with Gasteiger partial charge in [-0.25, -0.2) is 0 Å². The van der Waals surface area contributed by atoms with Crippen LogP contribution in [0.15, 0.2) is 53.3 Å². The Morgan fingerprint density at radius 3 is 2.64 bits per heavy atom. The van der Waals surface area contributed by atoms with Crippen molar-refractivity contribution in [2.45, 2.75) is 13.5 Å². The van der Waals surface area contributed by atoms with Gasteiger partial charge in [-0.3, -0.25) is 4.79 Å². The molecule has 2 aromatic carbocycles. The maximum Gasteiger partial charge on any atom is 0.194 e. The number of aromatic amines is 1. The third kappa shape index (κ3) is 2.68. The zero-order valence-corrected chi connectivity index (χ0v) is 12.6. The van der Waals surface area contributed by atoms with E-state index in [1.165, 1.54) is 0 Å². The molecular weight excluding hydrogens is 276 g/mol. The van der Waals surface area contributed by atoms with Gasteiger partial charge in [-0.1, -0.05) is 18.2 Å². The molecule has 0 aliphatic heterocycles. The number of methoxy groups -OCH3 is 1. The molecule has 0 aliphatic rings. The molecule has 22 heavy (non-hydrogen) atoms. The number of nitrogens with one attached hydrogen (secondary N) is 2. The van der Waals surface area contributed by atoms with Crippen molar-refractivity contribution in [3.05, 3.63) is 70.0 Å². The molecule has 0 aliphatic carbocycles. The molecule has 3 rings (SSSR count). The Hall–Kier alpha value is -2.75. The van der Waals surface area contributed by atoms with Crippen LogP contribution in [0.5, 0.6) is 5.75 Å². The molecular formula is C18H18N2O2. The van der Waals surface area contributed by atoms with Gasteiger partial charge in [0.2, 0.25) is 0 Å². The van der Waals surface area contributed by atoms with Gasteiger partial charge in [0.25, 0.3) is 0 Å². The minimum Gasteiger partial charge on any atom is -0.497 e.